The zero-order valence-electron chi connectivity index (χ0n) is 19.0. The molecule has 2 N–H and O–H groups in total. The highest BCUT2D eigenvalue weighted by atomic mass is 35.5. The summed E-state index contributed by atoms with van der Waals surface area (Å²) in [5.74, 6) is -1.39. The molecule has 0 unspecified atom stereocenters. The summed E-state index contributed by atoms with van der Waals surface area (Å²) in [5, 5.41) is 5.41. The number of urea groups is 1. The number of carbonyl (C=O) groups excluding carboxylic acids is 4. The van der Waals surface area contributed by atoms with Crippen LogP contribution in [-0.4, -0.2) is 37.5 Å². The van der Waals surface area contributed by atoms with Crippen molar-refractivity contribution in [2.24, 2.45) is 0 Å². The lowest BCUT2D eigenvalue weighted by atomic mass is 10.1. The summed E-state index contributed by atoms with van der Waals surface area (Å²) in [6, 6.07) is 18.8. The molecule has 4 rings (SSSR count). The first-order valence-electron chi connectivity index (χ1n) is 10.7. The molecule has 0 radical (unpaired) electrons. The number of nitrogens with zero attached hydrogens (tertiary/aromatic N) is 1. The predicted molar refractivity (Wildman–Crippen MR) is 134 cm³/mol. The third kappa shape index (κ3) is 5.53. The van der Waals surface area contributed by atoms with E-state index in [9.17, 15) is 19.2 Å². The number of benzene rings is 3. The molecule has 3 aromatic rings. The van der Waals surface area contributed by atoms with Gasteiger partial charge in [-0.3, -0.25) is 19.7 Å². The van der Waals surface area contributed by atoms with Crippen LogP contribution in [0.3, 0.4) is 0 Å². The first-order valence-corrected chi connectivity index (χ1v) is 11.1. The summed E-state index contributed by atoms with van der Waals surface area (Å²) < 4.78 is 10.9. The normalized spacial score (nSPS) is 14.4. The molecule has 36 heavy (non-hydrogen) atoms. The monoisotopic (exact) mass is 505 g/mol. The third-order valence-corrected chi connectivity index (χ3v) is 5.35. The molecule has 182 valence electrons. The van der Waals surface area contributed by atoms with Gasteiger partial charge in [0, 0.05) is 10.7 Å². The van der Waals surface area contributed by atoms with Crippen LogP contribution in [-0.2, 0) is 14.4 Å². The lowest BCUT2D eigenvalue weighted by Crippen LogP contribution is -2.54. The van der Waals surface area contributed by atoms with Gasteiger partial charge in [0.1, 0.15) is 5.57 Å². The predicted octanol–water partition coefficient (Wildman–Crippen LogP) is 4.03. The van der Waals surface area contributed by atoms with E-state index >= 15 is 0 Å². The van der Waals surface area contributed by atoms with Gasteiger partial charge in [-0.05, 0) is 60.2 Å². The molecule has 0 saturated carbocycles. The van der Waals surface area contributed by atoms with Crippen molar-refractivity contribution in [1.29, 1.82) is 0 Å². The molecule has 0 spiro atoms. The number of hydrogen-bond acceptors (Lipinski definition) is 6. The van der Waals surface area contributed by atoms with E-state index in [0.29, 0.717) is 22.0 Å². The molecule has 1 heterocycles. The van der Waals surface area contributed by atoms with Crippen molar-refractivity contribution in [3.8, 4) is 11.5 Å². The number of amides is 5. The number of rotatable bonds is 7. The Morgan fingerprint density at radius 1 is 1.00 bits per heavy atom. The van der Waals surface area contributed by atoms with Gasteiger partial charge in [-0.15, -0.1) is 0 Å². The SMILES string of the molecule is COc1cc(/C=C2\C(=O)NC(=O)N(c3ccccc3)C2=O)ccc1OCC(=O)Nc1ccc(Cl)cc1. The Bertz CT molecular complexity index is 1360. The van der Waals surface area contributed by atoms with Crippen LogP contribution in [0.25, 0.3) is 6.08 Å². The summed E-state index contributed by atoms with van der Waals surface area (Å²) in [6.45, 7) is -0.283. The van der Waals surface area contributed by atoms with Crippen LogP contribution in [0.5, 0.6) is 11.5 Å². The standard InChI is InChI=1S/C26H20ClN3O6/c1-35-22-14-16(7-12-21(22)36-15-23(31)28-18-10-8-17(27)9-11-18)13-20-24(32)29-26(34)30(25(20)33)19-5-3-2-4-6-19/h2-14H,15H2,1H3,(H,28,31)(H,29,32,34)/b20-13+. The van der Waals surface area contributed by atoms with Crippen molar-refractivity contribution in [1.82, 2.24) is 5.32 Å². The van der Waals surface area contributed by atoms with Crippen LogP contribution in [0.1, 0.15) is 5.56 Å². The number of methoxy groups -OCH3 is 1. The summed E-state index contributed by atoms with van der Waals surface area (Å²) >= 11 is 5.84. The van der Waals surface area contributed by atoms with E-state index in [1.165, 1.54) is 13.2 Å². The topological polar surface area (TPSA) is 114 Å². The fraction of sp³-hybridized carbons (Fsp3) is 0.0769. The van der Waals surface area contributed by atoms with Crippen molar-refractivity contribution in [3.63, 3.8) is 0 Å². The van der Waals surface area contributed by atoms with Gasteiger partial charge in [0.2, 0.25) is 0 Å². The van der Waals surface area contributed by atoms with Gasteiger partial charge < -0.3 is 14.8 Å². The van der Waals surface area contributed by atoms with Crippen LogP contribution in [0.2, 0.25) is 5.02 Å². The van der Waals surface area contributed by atoms with E-state index in [0.717, 1.165) is 4.90 Å². The number of ether oxygens (including phenoxy) is 2. The highest BCUT2D eigenvalue weighted by Crippen LogP contribution is 2.30. The van der Waals surface area contributed by atoms with Crippen molar-refractivity contribution in [2.75, 3.05) is 23.9 Å². The molecule has 1 aliphatic rings. The number of imide groups is 2. The van der Waals surface area contributed by atoms with E-state index in [1.807, 2.05) is 0 Å². The van der Waals surface area contributed by atoms with Crippen molar-refractivity contribution in [2.45, 2.75) is 0 Å². The minimum atomic E-state index is -0.827. The minimum Gasteiger partial charge on any atom is -0.493 e. The Morgan fingerprint density at radius 3 is 2.42 bits per heavy atom. The summed E-state index contributed by atoms with van der Waals surface area (Å²) in [5.41, 5.74) is 1.12. The maximum atomic E-state index is 13.0. The Balaban J connectivity index is 1.49. The average Bonchev–Trinajstić information content (AvgIpc) is 2.87. The van der Waals surface area contributed by atoms with Crippen LogP contribution in [0.4, 0.5) is 16.2 Å². The highest BCUT2D eigenvalue weighted by Gasteiger charge is 2.36. The molecule has 0 aliphatic carbocycles. The van der Waals surface area contributed by atoms with E-state index in [-0.39, 0.29) is 29.6 Å². The molecule has 5 amide bonds. The molecule has 9 nitrogen and oxygen atoms in total. The third-order valence-electron chi connectivity index (χ3n) is 5.10. The summed E-state index contributed by atoms with van der Waals surface area (Å²) in [4.78, 5) is 50.8. The molecule has 3 aromatic carbocycles. The van der Waals surface area contributed by atoms with Crippen molar-refractivity contribution >= 4 is 52.8 Å². The van der Waals surface area contributed by atoms with Gasteiger partial charge in [-0.25, -0.2) is 9.69 Å². The zero-order valence-corrected chi connectivity index (χ0v) is 19.7. The molecule has 1 aliphatic heterocycles. The molecule has 1 fully saturated rings. The maximum absolute atomic E-state index is 13.0. The van der Waals surface area contributed by atoms with Crippen LogP contribution >= 0.6 is 11.6 Å². The molecular formula is C26H20ClN3O6. The number of carbonyl (C=O) groups is 4. The maximum Gasteiger partial charge on any atom is 0.335 e. The second kappa shape index (κ2) is 10.7. The number of para-hydroxylation sites is 1. The first kappa shape index (κ1) is 24.5. The second-order valence-electron chi connectivity index (χ2n) is 7.55. The first-order chi connectivity index (χ1) is 17.4. The molecule has 0 atom stereocenters. The Hall–Kier alpha value is -4.63. The molecule has 0 bridgehead atoms. The van der Waals surface area contributed by atoms with E-state index in [2.05, 4.69) is 10.6 Å². The van der Waals surface area contributed by atoms with Gasteiger partial charge in [0.05, 0.1) is 12.8 Å². The number of halogens is 1. The van der Waals surface area contributed by atoms with Gasteiger partial charge in [-0.1, -0.05) is 35.9 Å². The molecule has 10 heteroatoms. The fourth-order valence-corrected chi connectivity index (χ4v) is 3.53. The summed E-state index contributed by atoms with van der Waals surface area (Å²) in [7, 11) is 1.42. The van der Waals surface area contributed by atoms with E-state index < -0.39 is 17.8 Å². The highest BCUT2D eigenvalue weighted by molar-refractivity contribution is 6.39. The molecule has 0 aromatic heterocycles. The average molecular weight is 506 g/mol. The Kier molecular flexibility index (Phi) is 7.31. The Morgan fingerprint density at radius 2 is 1.72 bits per heavy atom. The minimum absolute atomic E-state index is 0.225. The number of hydrogen-bond donors (Lipinski definition) is 2. The quantitative estimate of drug-likeness (QED) is 0.370. The number of barbiturate groups is 1. The largest absolute Gasteiger partial charge is 0.493 e. The van der Waals surface area contributed by atoms with E-state index in [4.69, 9.17) is 21.1 Å². The summed E-state index contributed by atoms with van der Waals surface area (Å²) in [6.07, 6.45) is 1.35. The second-order valence-corrected chi connectivity index (χ2v) is 7.98. The van der Waals surface area contributed by atoms with Crippen LogP contribution in [0, 0.1) is 0 Å². The number of anilines is 2. The Labute approximate surface area is 211 Å². The van der Waals surface area contributed by atoms with Gasteiger partial charge in [0.25, 0.3) is 17.7 Å². The fourth-order valence-electron chi connectivity index (χ4n) is 3.40. The lowest BCUT2D eigenvalue weighted by Gasteiger charge is -2.26. The smallest absolute Gasteiger partial charge is 0.335 e. The lowest BCUT2D eigenvalue weighted by molar-refractivity contribution is -0.122. The van der Waals surface area contributed by atoms with Gasteiger partial charge >= 0.3 is 6.03 Å². The molecule has 1 saturated heterocycles. The van der Waals surface area contributed by atoms with Crippen molar-refractivity contribution in [3.05, 3.63) is 89.0 Å². The van der Waals surface area contributed by atoms with Crippen LogP contribution < -0.4 is 25.0 Å². The number of nitrogens with one attached hydrogen (secondary N) is 2. The van der Waals surface area contributed by atoms with E-state index in [1.54, 1.807) is 72.8 Å². The van der Waals surface area contributed by atoms with Gasteiger partial charge in [-0.2, -0.15) is 0 Å². The van der Waals surface area contributed by atoms with Gasteiger partial charge in [0.15, 0.2) is 18.1 Å². The van der Waals surface area contributed by atoms with Crippen molar-refractivity contribution < 1.29 is 28.7 Å². The zero-order chi connectivity index (χ0) is 25.7. The van der Waals surface area contributed by atoms with Crippen LogP contribution in [0.15, 0.2) is 78.4 Å². The molecular weight excluding hydrogens is 486 g/mol.